The van der Waals surface area contributed by atoms with E-state index in [1.54, 1.807) is 12.1 Å². The van der Waals surface area contributed by atoms with E-state index < -0.39 is 23.7 Å². The molecule has 1 aliphatic rings. The smallest absolute Gasteiger partial charge is 0.325 e. The lowest BCUT2D eigenvalue weighted by molar-refractivity contribution is -0.143. The zero-order valence-corrected chi connectivity index (χ0v) is 17.0. The van der Waals surface area contributed by atoms with Gasteiger partial charge in [0.15, 0.2) is 11.5 Å². The van der Waals surface area contributed by atoms with Gasteiger partial charge in [0.25, 0.3) is 11.1 Å². The molecule has 0 saturated carbocycles. The number of imide groups is 1. The summed E-state index contributed by atoms with van der Waals surface area (Å²) in [4.78, 5) is 36.7. The highest BCUT2D eigenvalue weighted by Gasteiger charge is 2.36. The highest BCUT2D eigenvalue weighted by atomic mass is 35.5. The molecule has 1 aliphatic heterocycles. The van der Waals surface area contributed by atoms with Crippen LogP contribution in [0.15, 0.2) is 17.0 Å². The van der Waals surface area contributed by atoms with Crippen molar-refractivity contribution in [2.45, 2.75) is 26.4 Å². The van der Waals surface area contributed by atoms with Gasteiger partial charge in [-0.3, -0.25) is 19.3 Å². The first-order valence-corrected chi connectivity index (χ1v) is 9.36. The van der Waals surface area contributed by atoms with E-state index in [0.717, 1.165) is 23.1 Å². The molecule has 27 heavy (non-hydrogen) atoms. The number of methoxy groups -OCH3 is 2. The molecule has 1 aromatic carbocycles. The molecule has 1 aromatic rings. The zero-order chi connectivity index (χ0) is 20.1. The monoisotopic (exact) mass is 413 g/mol. The molecule has 0 bridgehead atoms. The maximum absolute atomic E-state index is 12.4. The third kappa shape index (κ3) is 4.95. The number of hydrogen-bond acceptors (Lipinski definition) is 7. The molecule has 1 saturated heterocycles. The van der Waals surface area contributed by atoms with E-state index in [9.17, 15) is 14.4 Å². The van der Waals surface area contributed by atoms with Gasteiger partial charge in [0.2, 0.25) is 0 Å². The zero-order valence-electron chi connectivity index (χ0n) is 15.4. The average molecular weight is 414 g/mol. The Hall–Kier alpha value is -2.19. The predicted octanol–water partition coefficient (Wildman–Crippen LogP) is 3.74. The van der Waals surface area contributed by atoms with Gasteiger partial charge in [-0.2, -0.15) is 0 Å². The second kappa shape index (κ2) is 9.14. The summed E-state index contributed by atoms with van der Waals surface area (Å²) in [5.74, 6) is -0.396. The average Bonchev–Trinajstić information content (AvgIpc) is 2.90. The minimum atomic E-state index is -0.671. The van der Waals surface area contributed by atoms with Crippen LogP contribution in [0, 0.1) is 0 Å². The molecule has 2 rings (SSSR count). The second-order valence-corrected chi connectivity index (χ2v) is 7.12. The van der Waals surface area contributed by atoms with Crippen molar-refractivity contribution in [2.24, 2.45) is 0 Å². The number of thioether (sulfide) groups is 1. The van der Waals surface area contributed by atoms with Gasteiger partial charge in [-0.05, 0) is 48.9 Å². The van der Waals surface area contributed by atoms with E-state index in [1.807, 2.05) is 13.8 Å². The number of benzene rings is 1. The van der Waals surface area contributed by atoms with Gasteiger partial charge in [0, 0.05) is 0 Å². The summed E-state index contributed by atoms with van der Waals surface area (Å²) >= 11 is 7.06. The Balaban J connectivity index is 2.31. The molecule has 1 atom stereocenters. The summed E-state index contributed by atoms with van der Waals surface area (Å²) in [5.41, 5.74) is 0.567. The molecule has 2 amide bonds. The van der Waals surface area contributed by atoms with Crippen LogP contribution >= 0.6 is 23.4 Å². The largest absolute Gasteiger partial charge is 0.493 e. The van der Waals surface area contributed by atoms with Gasteiger partial charge in [0.1, 0.15) is 6.54 Å². The Morgan fingerprint density at radius 1 is 1.33 bits per heavy atom. The number of amides is 2. The molecular weight excluding hydrogens is 394 g/mol. The summed E-state index contributed by atoms with van der Waals surface area (Å²) in [6.45, 7) is 3.48. The van der Waals surface area contributed by atoms with Gasteiger partial charge in [0.05, 0.1) is 30.3 Å². The van der Waals surface area contributed by atoms with Crippen molar-refractivity contribution in [3.8, 4) is 11.5 Å². The quantitative estimate of drug-likeness (QED) is 0.497. The van der Waals surface area contributed by atoms with Crippen LogP contribution in [0.4, 0.5) is 4.79 Å². The van der Waals surface area contributed by atoms with Crippen molar-refractivity contribution in [2.75, 3.05) is 20.8 Å². The molecule has 9 heteroatoms. The standard InChI is InChI=1S/C18H20ClNO6S/c1-5-10(2)26-16-12(19)6-11(7-13(16)24-3)8-14-17(22)20(18(23)27-14)9-15(21)25-4/h6-8,10H,5,9H2,1-4H3/b14-8+/t10-/m0/s1. The summed E-state index contributed by atoms with van der Waals surface area (Å²) in [5, 5.41) is -0.207. The van der Waals surface area contributed by atoms with Crippen LogP contribution < -0.4 is 9.47 Å². The van der Waals surface area contributed by atoms with Crippen LogP contribution in [-0.2, 0) is 14.3 Å². The first-order chi connectivity index (χ1) is 12.8. The molecule has 146 valence electrons. The summed E-state index contributed by atoms with van der Waals surface area (Å²) in [6, 6.07) is 3.29. The van der Waals surface area contributed by atoms with Crippen molar-refractivity contribution in [3.05, 3.63) is 27.6 Å². The first kappa shape index (κ1) is 21.1. The fraction of sp³-hybridized carbons (Fsp3) is 0.389. The van der Waals surface area contributed by atoms with Crippen molar-refractivity contribution < 1.29 is 28.6 Å². The molecule has 0 aromatic heterocycles. The minimum Gasteiger partial charge on any atom is -0.493 e. The van der Waals surface area contributed by atoms with E-state index in [1.165, 1.54) is 20.3 Å². The number of esters is 1. The fourth-order valence-corrected chi connectivity index (χ4v) is 3.31. The molecule has 0 unspecified atom stereocenters. The van der Waals surface area contributed by atoms with Crippen LogP contribution in [0.2, 0.25) is 5.02 Å². The van der Waals surface area contributed by atoms with Gasteiger partial charge in [-0.1, -0.05) is 18.5 Å². The van der Waals surface area contributed by atoms with Crippen LogP contribution in [0.1, 0.15) is 25.8 Å². The number of carbonyl (C=O) groups excluding carboxylic acids is 3. The van der Waals surface area contributed by atoms with Crippen LogP contribution in [0.3, 0.4) is 0 Å². The summed E-state index contributed by atoms with van der Waals surface area (Å²) in [7, 11) is 2.68. The Morgan fingerprint density at radius 2 is 2.04 bits per heavy atom. The number of halogens is 1. The van der Waals surface area contributed by atoms with E-state index in [4.69, 9.17) is 21.1 Å². The topological polar surface area (TPSA) is 82.1 Å². The lowest BCUT2D eigenvalue weighted by atomic mass is 10.1. The highest BCUT2D eigenvalue weighted by molar-refractivity contribution is 8.18. The molecule has 1 heterocycles. The Labute approximate surface area is 166 Å². The third-order valence-electron chi connectivity index (χ3n) is 3.83. The number of ether oxygens (including phenoxy) is 3. The maximum Gasteiger partial charge on any atom is 0.325 e. The van der Waals surface area contributed by atoms with Gasteiger partial charge in [-0.15, -0.1) is 0 Å². The molecular formula is C18H20ClNO6S. The Bertz CT molecular complexity index is 794. The van der Waals surface area contributed by atoms with E-state index in [-0.39, 0.29) is 11.0 Å². The number of nitrogens with zero attached hydrogens (tertiary/aromatic N) is 1. The Kier molecular flexibility index (Phi) is 7.15. The number of carbonyl (C=O) groups is 3. The van der Waals surface area contributed by atoms with Crippen LogP contribution in [-0.4, -0.2) is 48.9 Å². The fourth-order valence-electron chi connectivity index (χ4n) is 2.20. The van der Waals surface area contributed by atoms with Crippen molar-refractivity contribution >= 4 is 46.6 Å². The van der Waals surface area contributed by atoms with Crippen molar-refractivity contribution in [3.63, 3.8) is 0 Å². The van der Waals surface area contributed by atoms with Crippen molar-refractivity contribution in [1.29, 1.82) is 0 Å². The third-order valence-corrected chi connectivity index (χ3v) is 5.02. The van der Waals surface area contributed by atoms with Crippen LogP contribution in [0.5, 0.6) is 11.5 Å². The van der Waals surface area contributed by atoms with Gasteiger partial charge >= 0.3 is 5.97 Å². The van der Waals surface area contributed by atoms with Gasteiger partial charge in [-0.25, -0.2) is 0 Å². The summed E-state index contributed by atoms with van der Waals surface area (Å²) in [6.07, 6.45) is 2.27. The number of rotatable bonds is 7. The predicted molar refractivity (Wildman–Crippen MR) is 103 cm³/mol. The minimum absolute atomic E-state index is 0.0444. The van der Waals surface area contributed by atoms with Crippen LogP contribution in [0.25, 0.3) is 6.08 Å². The molecule has 1 fully saturated rings. The molecule has 7 nitrogen and oxygen atoms in total. The lowest BCUT2D eigenvalue weighted by Crippen LogP contribution is -2.34. The second-order valence-electron chi connectivity index (χ2n) is 5.71. The van der Waals surface area contributed by atoms with Crippen molar-refractivity contribution in [1.82, 2.24) is 4.90 Å². The SMILES string of the molecule is CC[C@H](C)Oc1c(Cl)cc(/C=C2/SC(=O)N(CC(=O)OC)C2=O)cc1OC. The first-order valence-electron chi connectivity index (χ1n) is 8.17. The molecule has 0 spiro atoms. The lowest BCUT2D eigenvalue weighted by Gasteiger charge is -2.17. The molecule has 0 aliphatic carbocycles. The van der Waals surface area contributed by atoms with E-state index in [0.29, 0.717) is 22.1 Å². The summed E-state index contributed by atoms with van der Waals surface area (Å²) < 4.78 is 15.6. The maximum atomic E-state index is 12.4. The molecule has 0 radical (unpaired) electrons. The normalized spacial score (nSPS) is 16.6. The highest BCUT2D eigenvalue weighted by Crippen LogP contribution is 2.39. The van der Waals surface area contributed by atoms with E-state index >= 15 is 0 Å². The number of hydrogen-bond donors (Lipinski definition) is 0. The van der Waals surface area contributed by atoms with E-state index in [2.05, 4.69) is 4.74 Å². The van der Waals surface area contributed by atoms with Gasteiger partial charge < -0.3 is 14.2 Å². The molecule has 0 N–H and O–H groups in total. The Morgan fingerprint density at radius 3 is 2.63 bits per heavy atom.